The van der Waals surface area contributed by atoms with Gasteiger partial charge in [-0.3, -0.25) is 9.48 Å². The van der Waals surface area contributed by atoms with Crippen LogP contribution >= 0.6 is 11.6 Å². The van der Waals surface area contributed by atoms with Gasteiger partial charge in [0.1, 0.15) is 12.4 Å². The highest BCUT2D eigenvalue weighted by Crippen LogP contribution is 2.37. The number of hydrogen-bond acceptors (Lipinski definition) is 5. The zero-order valence-corrected chi connectivity index (χ0v) is 21.7. The lowest BCUT2D eigenvalue weighted by Crippen LogP contribution is -2.45. The Morgan fingerprint density at radius 1 is 1.18 bits per heavy atom. The molecule has 0 aliphatic carbocycles. The van der Waals surface area contributed by atoms with Gasteiger partial charge in [0.25, 0.3) is 5.91 Å². The quantitative estimate of drug-likeness (QED) is 0.327. The summed E-state index contributed by atoms with van der Waals surface area (Å²) in [7, 11) is 1.70. The van der Waals surface area contributed by atoms with Crippen molar-refractivity contribution < 1.29 is 32.6 Å². The summed E-state index contributed by atoms with van der Waals surface area (Å²) >= 11 is 6.37. The fraction of sp³-hybridized carbons (Fsp3) is 0.346. The number of halogens is 4. The molecule has 2 aromatic carbocycles. The Bertz CT molecular complexity index is 1320. The number of nitrogens with zero attached hydrogens (tertiary/aromatic N) is 3. The number of carbonyl (C=O) groups excluding carboxylic acids is 1. The number of aromatic nitrogens is 2. The maximum Gasteiger partial charge on any atom is 0.416 e. The van der Waals surface area contributed by atoms with Crippen molar-refractivity contribution in [1.29, 1.82) is 0 Å². The Morgan fingerprint density at radius 2 is 1.92 bits per heavy atom. The largest absolute Gasteiger partial charge is 0.492 e. The summed E-state index contributed by atoms with van der Waals surface area (Å²) in [6, 6.07) is 9.22. The van der Waals surface area contributed by atoms with E-state index in [2.05, 4.69) is 15.7 Å². The van der Waals surface area contributed by atoms with Gasteiger partial charge < -0.3 is 25.4 Å². The van der Waals surface area contributed by atoms with Crippen LogP contribution in [0.25, 0.3) is 11.3 Å². The second-order valence-electron chi connectivity index (χ2n) is 9.05. The number of hydrogen-bond donors (Lipinski definition) is 3. The third-order valence-electron chi connectivity index (χ3n) is 6.40. The van der Waals surface area contributed by atoms with Crippen LogP contribution in [0.5, 0.6) is 5.75 Å². The molecule has 1 aliphatic heterocycles. The van der Waals surface area contributed by atoms with Crippen LogP contribution in [-0.4, -0.2) is 64.1 Å². The van der Waals surface area contributed by atoms with Crippen LogP contribution in [0.2, 0.25) is 5.02 Å². The summed E-state index contributed by atoms with van der Waals surface area (Å²) in [5, 5.41) is 19.6. The van der Waals surface area contributed by atoms with E-state index in [1.54, 1.807) is 29.9 Å². The van der Waals surface area contributed by atoms with E-state index in [1.165, 1.54) is 23.2 Å². The zero-order chi connectivity index (χ0) is 28.2. The molecule has 1 aliphatic rings. The van der Waals surface area contributed by atoms with E-state index in [9.17, 15) is 22.8 Å². The van der Waals surface area contributed by atoms with Crippen LogP contribution in [0, 0.1) is 0 Å². The smallest absolute Gasteiger partial charge is 0.416 e. The van der Waals surface area contributed by atoms with Crippen molar-refractivity contribution in [2.45, 2.75) is 25.1 Å². The van der Waals surface area contributed by atoms with Crippen molar-refractivity contribution in [2.75, 3.05) is 31.6 Å². The van der Waals surface area contributed by atoms with Gasteiger partial charge in [-0.1, -0.05) is 17.7 Å². The third-order valence-corrected chi connectivity index (χ3v) is 6.67. The fourth-order valence-corrected chi connectivity index (χ4v) is 4.64. The highest BCUT2D eigenvalue weighted by molar-refractivity contribution is 6.33. The normalized spacial score (nSPS) is 14.3. The second kappa shape index (κ2) is 12.0. The van der Waals surface area contributed by atoms with Gasteiger partial charge >= 0.3 is 12.3 Å². The first-order valence-electron chi connectivity index (χ1n) is 12.2. The number of amides is 2. The van der Waals surface area contributed by atoms with Crippen LogP contribution in [0.4, 0.5) is 23.7 Å². The van der Waals surface area contributed by atoms with Crippen molar-refractivity contribution in [3.8, 4) is 17.0 Å². The molecule has 3 aromatic rings. The molecular weight excluding hydrogens is 539 g/mol. The molecule has 2 heterocycles. The standard InChI is InChI=1S/C26H27ClF3N5O4/c1-34-23(21(27)15-32-34)20-14-19(33-24(36)16-3-2-4-17(13-16)26(28,29)30)5-6-22(20)39-12-9-31-18-7-10-35(11-8-18)25(37)38/h2-6,13-15,18,31H,7-12H2,1H3,(H,33,36)(H,37,38). The first kappa shape index (κ1) is 28.2. The minimum absolute atomic E-state index is 0.134. The first-order valence-corrected chi connectivity index (χ1v) is 12.6. The number of carbonyl (C=O) groups is 2. The van der Waals surface area contributed by atoms with Gasteiger partial charge in [0, 0.05) is 49.5 Å². The maximum absolute atomic E-state index is 13.1. The minimum atomic E-state index is -4.57. The topological polar surface area (TPSA) is 109 Å². The SMILES string of the molecule is Cn1ncc(Cl)c1-c1cc(NC(=O)c2cccc(C(F)(F)F)c2)ccc1OCCNC1CCN(C(=O)O)CC1. The average Bonchev–Trinajstić information content (AvgIpc) is 3.24. The van der Waals surface area contributed by atoms with E-state index in [0.717, 1.165) is 12.1 Å². The summed E-state index contributed by atoms with van der Waals surface area (Å²) in [6.45, 7) is 1.78. The van der Waals surface area contributed by atoms with Gasteiger partial charge in [0.05, 0.1) is 22.5 Å². The molecule has 0 unspecified atom stereocenters. The Hall–Kier alpha value is -3.77. The molecule has 0 radical (unpaired) electrons. The molecule has 0 bridgehead atoms. The molecule has 2 amide bonds. The molecule has 39 heavy (non-hydrogen) atoms. The monoisotopic (exact) mass is 565 g/mol. The molecule has 1 aromatic heterocycles. The molecule has 13 heteroatoms. The lowest BCUT2D eigenvalue weighted by atomic mass is 10.1. The Labute approximate surface area is 227 Å². The summed E-state index contributed by atoms with van der Waals surface area (Å²) < 4.78 is 46.8. The van der Waals surface area contributed by atoms with Crippen molar-refractivity contribution in [3.63, 3.8) is 0 Å². The van der Waals surface area contributed by atoms with Crippen molar-refractivity contribution >= 4 is 29.3 Å². The minimum Gasteiger partial charge on any atom is -0.492 e. The predicted molar refractivity (Wildman–Crippen MR) is 139 cm³/mol. The van der Waals surface area contributed by atoms with E-state index < -0.39 is 23.7 Å². The lowest BCUT2D eigenvalue weighted by molar-refractivity contribution is -0.137. The number of nitrogens with one attached hydrogen (secondary N) is 2. The Kier molecular flexibility index (Phi) is 8.66. The van der Waals surface area contributed by atoms with Gasteiger partial charge in [0.2, 0.25) is 0 Å². The Morgan fingerprint density at radius 3 is 2.56 bits per heavy atom. The van der Waals surface area contributed by atoms with Crippen LogP contribution < -0.4 is 15.4 Å². The summed E-state index contributed by atoms with van der Waals surface area (Å²) in [6.07, 6.45) is -2.58. The molecule has 9 nitrogen and oxygen atoms in total. The van der Waals surface area contributed by atoms with E-state index in [-0.39, 0.29) is 11.6 Å². The van der Waals surface area contributed by atoms with Gasteiger partial charge in [-0.25, -0.2) is 4.79 Å². The van der Waals surface area contributed by atoms with E-state index in [4.69, 9.17) is 21.4 Å². The molecule has 4 rings (SSSR count). The summed E-state index contributed by atoms with van der Waals surface area (Å²) in [5.74, 6) is -0.227. The predicted octanol–water partition coefficient (Wildman–Crippen LogP) is 5.12. The summed E-state index contributed by atoms with van der Waals surface area (Å²) in [5.41, 5.74) is 0.362. The Balaban J connectivity index is 1.46. The van der Waals surface area contributed by atoms with Crippen molar-refractivity contribution in [2.24, 2.45) is 7.05 Å². The fourth-order valence-electron chi connectivity index (χ4n) is 4.37. The first-order chi connectivity index (χ1) is 18.5. The van der Waals surface area contributed by atoms with Crippen LogP contribution in [-0.2, 0) is 13.2 Å². The third kappa shape index (κ3) is 7.01. The summed E-state index contributed by atoms with van der Waals surface area (Å²) in [4.78, 5) is 25.2. The molecule has 208 valence electrons. The highest BCUT2D eigenvalue weighted by atomic mass is 35.5. The molecule has 1 fully saturated rings. The number of carboxylic acid groups (broad SMARTS) is 1. The van der Waals surface area contributed by atoms with Gasteiger partial charge in [-0.05, 0) is 49.2 Å². The van der Waals surface area contributed by atoms with Gasteiger partial charge in [-0.2, -0.15) is 18.3 Å². The number of ether oxygens (including phenoxy) is 1. The number of anilines is 1. The number of benzene rings is 2. The molecule has 1 saturated heterocycles. The van der Waals surface area contributed by atoms with Gasteiger partial charge in [-0.15, -0.1) is 0 Å². The van der Waals surface area contributed by atoms with Crippen LogP contribution in [0.1, 0.15) is 28.8 Å². The number of aryl methyl sites for hydroxylation is 1. The van der Waals surface area contributed by atoms with E-state index in [1.807, 2.05) is 0 Å². The molecule has 0 saturated carbocycles. The second-order valence-corrected chi connectivity index (χ2v) is 9.46. The van der Waals surface area contributed by atoms with E-state index >= 15 is 0 Å². The number of likely N-dealkylation sites (tertiary alicyclic amines) is 1. The molecular formula is C26H27ClF3N5O4. The lowest BCUT2D eigenvalue weighted by Gasteiger charge is -2.30. The number of rotatable bonds is 8. The molecule has 0 atom stereocenters. The highest BCUT2D eigenvalue weighted by Gasteiger charge is 2.31. The van der Waals surface area contributed by atoms with Crippen molar-refractivity contribution in [1.82, 2.24) is 20.0 Å². The maximum atomic E-state index is 13.1. The van der Waals surface area contributed by atoms with Crippen LogP contribution in [0.3, 0.4) is 0 Å². The zero-order valence-electron chi connectivity index (χ0n) is 21.0. The number of piperidine rings is 1. The number of alkyl halides is 3. The van der Waals surface area contributed by atoms with E-state index in [0.29, 0.717) is 66.8 Å². The molecule has 0 spiro atoms. The van der Waals surface area contributed by atoms with Crippen molar-refractivity contribution in [3.05, 3.63) is 64.8 Å². The van der Waals surface area contributed by atoms with Crippen LogP contribution in [0.15, 0.2) is 48.7 Å². The molecule has 3 N–H and O–H groups in total. The van der Waals surface area contributed by atoms with Gasteiger partial charge in [0.15, 0.2) is 0 Å². The average molecular weight is 566 g/mol.